The molecule has 222 valence electrons. The summed E-state index contributed by atoms with van der Waals surface area (Å²) < 4.78 is 0. The van der Waals surface area contributed by atoms with Gasteiger partial charge in [0, 0.05) is 52.9 Å². The molecule has 5 heteroatoms. The first-order valence-corrected chi connectivity index (χ1v) is 16.3. The fraction of sp³-hybridized carbons (Fsp3) is 1.00. The minimum Gasteiger partial charge on any atom is -0.375 e. The minimum atomic E-state index is -0.840. The SMILES string of the molecule is CC1(C)CC(N(CC(C)(O)N(C2CCCCC2)C2CC(C)(C)NC(C)(C)C2)C2CCCCC2)CC(C)(C)N1. The molecule has 4 aliphatic rings. The summed E-state index contributed by atoms with van der Waals surface area (Å²) in [5, 5.41) is 20.6. The van der Waals surface area contributed by atoms with E-state index in [2.05, 4.69) is 82.7 Å². The van der Waals surface area contributed by atoms with E-state index in [0.29, 0.717) is 24.2 Å². The number of hydrogen-bond donors (Lipinski definition) is 3. The molecule has 0 bridgehead atoms. The van der Waals surface area contributed by atoms with Crippen LogP contribution in [0, 0.1) is 0 Å². The van der Waals surface area contributed by atoms with Gasteiger partial charge in [0.2, 0.25) is 0 Å². The first-order chi connectivity index (χ1) is 17.5. The van der Waals surface area contributed by atoms with Gasteiger partial charge in [-0.3, -0.25) is 9.80 Å². The fourth-order valence-corrected chi connectivity index (χ4v) is 9.81. The molecule has 2 aliphatic heterocycles. The first kappa shape index (κ1) is 30.8. The van der Waals surface area contributed by atoms with Crippen molar-refractivity contribution in [1.82, 2.24) is 20.4 Å². The Balaban J connectivity index is 1.67. The third-order valence-electron chi connectivity index (χ3n) is 10.2. The van der Waals surface area contributed by atoms with Gasteiger partial charge in [0.05, 0.1) is 0 Å². The topological polar surface area (TPSA) is 50.8 Å². The molecule has 0 spiro atoms. The summed E-state index contributed by atoms with van der Waals surface area (Å²) >= 11 is 0. The maximum atomic E-state index is 12.8. The number of piperidine rings is 2. The van der Waals surface area contributed by atoms with Gasteiger partial charge in [0.15, 0.2) is 0 Å². The third kappa shape index (κ3) is 7.75. The van der Waals surface area contributed by atoms with Crippen LogP contribution < -0.4 is 10.6 Å². The lowest BCUT2D eigenvalue weighted by Gasteiger charge is -2.58. The maximum absolute atomic E-state index is 12.8. The van der Waals surface area contributed by atoms with E-state index in [4.69, 9.17) is 0 Å². The standard InChI is InChI=1S/C33H64N4O/c1-29(2)20-27(21-30(3,4)34-29)36(25-16-12-10-13-17-25)24-33(9,38)37(26-18-14-11-15-19-26)28-22-31(5,6)35-32(7,8)23-28/h25-28,34-35,38H,10-24H2,1-9H3. The van der Waals surface area contributed by atoms with Crippen LogP contribution in [0.5, 0.6) is 0 Å². The fourth-order valence-electron chi connectivity index (χ4n) is 9.81. The number of nitrogens with one attached hydrogen (secondary N) is 2. The van der Waals surface area contributed by atoms with Crippen molar-refractivity contribution >= 4 is 0 Å². The minimum absolute atomic E-state index is 0.0710. The molecule has 2 saturated carbocycles. The van der Waals surface area contributed by atoms with Crippen molar-refractivity contribution in [3.8, 4) is 0 Å². The summed E-state index contributed by atoms with van der Waals surface area (Å²) in [7, 11) is 0. The molecule has 2 saturated heterocycles. The van der Waals surface area contributed by atoms with Crippen LogP contribution in [0.1, 0.15) is 152 Å². The molecule has 2 aliphatic carbocycles. The summed E-state index contributed by atoms with van der Waals surface area (Å²) in [6.45, 7) is 21.9. The van der Waals surface area contributed by atoms with E-state index < -0.39 is 5.72 Å². The largest absolute Gasteiger partial charge is 0.375 e. The lowest BCUT2D eigenvalue weighted by Crippen LogP contribution is -2.70. The Labute approximate surface area is 236 Å². The van der Waals surface area contributed by atoms with Gasteiger partial charge in [-0.25, -0.2) is 0 Å². The van der Waals surface area contributed by atoms with Crippen molar-refractivity contribution in [2.45, 2.75) is 204 Å². The molecule has 0 aromatic carbocycles. The van der Waals surface area contributed by atoms with Crippen molar-refractivity contribution in [3.05, 3.63) is 0 Å². The van der Waals surface area contributed by atoms with Gasteiger partial charge in [-0.1, -0.05) is 38.5 Å². The van der Waals surface area contributed by atoms with Crippen LogP contribution in [-0.2, 0) is 0 Å². The summed E-state index contributed by atoms with van der Waals surface area (Å²) in [5.41, 5.74) is -0.482. The Kier molecular flexibility index (Phi) is 9.09. The smallest absolute Gasteiger partial charge is 0.128 e. The van der Waals surface area contributed by atoms with E-state index in [1.807, 2.05) is 0 Å². The molecular formula is C33H64N4O. The lowest BCUT2D eigenvalue weighted by atomic mass is 9.76. The molecule has 0 radical (unpaired) electrons. The first-order valence-electron chi connectivity index (χ1n) is 16.3. The second kappa shape index (κ2) is 11.2. The van der Waals surface area contributed by atoms with Crippen molar-refractivity contribution in [2.75, 3.05) is 6.54 Å². The lowest BCUT2D eigenvalue weighted by molar-refractivity contribution is -0.178. The monoisotopic (exact) mass is 533 g/mol. The van der Waals surface area contributed by atoms with Crippen LogP contribution in [0.25, 0.3) is 0 Å². The Morgan fingerprint density at radius 1 is 0.579 bits per heavy atom. The zero-order valence-electron chi connectivity index (χ0n) is 26.8. The van der Waals surface area contributed by atoms with Crippen LogP contribution in [0.3, 0.4) is 0 Å². The predicted molar refractivity (Wildman–Crippen MR) is 162 cm³/mol. The third-order valence-corrected chi connectivity index (χ3v) is 10.2. The molecule has 5 nitrogen and oxygen atoms in total. The quantitative estimate of drug-likeness (QED) is 0.323. The van der Waals surface area contributed by atoms with Crippen LogP contribution in [0.15, 0.2) is 0 Å². The molecule has 1 atom stereocenters. The highest BCUT2D eigenvalue weighted by atomic mass is 16.3. The Hall–Kier alpha value is -0.200. The average Bonchev–Trinajstić information content (AvgIpc) is 2.74. The van der Waals surface area contributed by atoms with E-state index >= 15 is 0 Å². The Bertz CT molecular complexity index is 744. The Morgan fingerprint density at radius 2 is 0.947 bits per heavy atom. The molecule has 4 rings (SSSR count). The summed E-state index contributed by atoms with van der Waals surface area (Å²) in [6.07, 6.45) is 17.6. The van der Waals surface area contributed by atoms with Gasteiger partial charge in [0.1, 0.15) is 5.72 Å². The van der Waals surface area contributed by atoms with Gasteiger partial charge in [-0.05, 0) is 114 Å². The zero-order valence-corrected chi connectivity index (χ0v) is 26.8. The molecule has 0 aromatic heterocycles. The van der Waals surface area contributed by atoms with Gasteiger partial charge >= 0.3 is 0 Å². The van der Waals surface area contributed by atoms with E-state index in [1.54, 1.807) is 0 Å². The number of aliphatic hydroxyl groups is 1. The second-order valence-corrected chi connectivity index (χ2v) is 16.8. The molecule has 0 aromatic rings. The van der Waals surface area contributed by atoms with Crippen LogP contribution >= 0.6 is 0 Å². The predicted octanol–water partition coefficient (Wildman–Crippen LogP) is 6.58. The van der Waals surface area contributed by atoms with Crippen molar-refractivity contribution in [1.29, 1.82) is 0 Å². The second-order valence-electron chi connectivity index (χ2n) is 16.8. The molecular weight excluding hydrogens is 468 g/mol. The summed E-state index contributed by atoms with van der Waals surface area (Å²) in [6, 6.07) is 1.99. The normalized spacial score (nSPS) is 30.9. The number of nitrogens with zero attached hydrogens (tertiary/aromatic N) is 2. The molecule has 4 fully saturated rings. The van der Waals surface area contributed by atoms with Crippen molar-refractivity contribution in [3.63, 3.8) is 0 Å². The number of hydrogen-bond acceptors (Lipinski definition) is 5. The molecule has 3 N–H and O–H groups in total. The highest BCUT2D eigenvalue weighted by molar-refractivity contribution is 5.06. The number of rotatable bonds is 7. The van der Waals surface area contributed by atoms with E-state index in [1.165, 1.54) is 64.2 Å². The van der Waals surface area contributed by atoms with Gasteiger partial charge in [-0.15, -0.1) is 0 Å². The molecule has 38 heavy (non-hydrogen) atoms. The van der Waals surface area contributed by atoms with Gasteiger partial charge in [-0.2, -0.15) is 0 Å². The van der Waals surface area contributed by atoms with Gasteiger partial charge in [0.25, 0.3) is 0 Å². The Morgan fingerprint density at radius 3 is 1.37 bits per heavy atom. The maximum Gasteiger partial charge on any atom is 0.128 e. The average molecular weight is 533 g/mol. The van der Waals surface area contributed by atoms with Crippen molar-refractivity contribution < 1.29 is 5.11 Å². The van der Waals surface area contributed by atoms with Crippen LogP contribution in [0.2, 0.25) is 0 Å². The molecule has 1 unspecified atom stereocenters. The van der Waals surface area contributed by atoms with E-state index in [-0.39, 0.29) is 22.2 Å². The summed E-state index contributed by atoms with van der Waals surface area (Å²) in [5.74, 6) is 0. The summed E-state index contributed by atoms with van der Waals surface area (Å²) in [4.78, 5) is 5.50. The van der Waals surface area contributed by atoms with Crippen molar-refractivity contribution in [2.24, 2.45) is 0 Å². The van der Waals surface area contributed by atoms with Crippen LogP contribution in [-0.4, -0.2) is 73.5 Å². The molecule has 0 amide bonds. The zero-order chi connectivity index (χ0) is 28.0. The van der Waals surface area contributed by atoms with Gasteiger partial charge < -0.3 is 15.7 Å². The van der Waals surface area contributed by atoms with E-state index in [0.717, 1.165) is 32.2 Å². The van der Waals surface area contributed by atoms with E-state index in [9.17, 15) is 5.11 Å². The van der Waals surface area contributed by atoms with Crippen LogP contribution in [0.4, 0.5) is 0 Å². The highest BCUT2D eigenvalue weighted by Crippen LogP contribution is 2.41. The highest BCUT2D eigenvalue weighted by Gasteiger charge is 2.49. The molecule has 2 heterocycles.